The number of rotatable bonds is 27. The summed E-state index contributed by atoms with van der Waals surface area (Å²) in [6.07, 6.45) is 21.0. The smallest absolute Gasteiger partial charge is 0.320 e. The molecule has 0 aromatic heterocycles. The first kappa shape index (κ1) is 47.2. The van der Waals surface area contributed by atoms with Gasteiger partial charge in [0, 0.05) is 52.4 Å². The summed E-state index contributed by atoms with van der Waals surface area (Å²) in [5, 5.41) is 0. The van der Waals surface area contributed by atoms with Crippen LogP contribution in [-0.2, 0) is 19.1 Å². The summed E-state index contributed by atoms with van der Waals surface area (Å²) in [6, 6.07) is 0. The van der Waals surface area contributed by atoms with Crippen molar-refractivity contribution in [2.45, 2.75) is 27.7 Å². The molecule has 0 aromatic carbocycles. The van der Waals surface area contributed by atoms with Crippen LogP contribution in [0.5, 0.6) is 0 Å². The molecule has 0 rings (SSSR count). The maximum absolute atomic E-state index is 12.5. The molecule has 0 aliphatic carbocycles. The topological polar surface area (TPSA) is 72.0 Å². The van der Waals surface area contributed by atoms with Crippen LogP contribution in [0.25, 0.3) is 0 Å². The second-order valence-electron chi connectivity index (χ2n) is 11.3. The van der Waals surface area contributed by atoms with Crippen LogP contribution in [-0.4, -0.2) is 172 Å². The molecule has 0 N–H and O–H groups in total. The van der Waals surface area contributed by atoms with E-state index in [1.807, 2.05) is 23.6 Å². The van der Waals surface area contributed by atoms with Gasteiger partial charge in [-0.15, -0.1) is 25.7 Å². The van der Waals surface area contributed by atoms with Gasteiger partial charge in [-0.25, -0.2) is 0 Å². The van der Waals surface area contributed by atoms with E-state index in [0.29, 0.717) is 52.4 Å². The number of esters is 2. The lowest BCUT2D eigenvalue weighted by Gasteiger charge is -2.27. The van der Waals surface area contributed by atoms with Gasteiger partial charge in [-0.1, -0.05) is 51.4 Å². The van der Waals surface area contributed by atoms with E-state index in [1.165, 1.54) is 0 Å². The van der Waals surface area contributed by atoms with Crippen molar-refractivity contribution in [2.24, 2.45) is 0 Å². The molecule has 0 saturated carbocycles. The van der Waals surface area contributed by atoms with Gasteiger partial charge in [0.1, 0.15) is 13.2 Å². The maximum Gasteiger partial charge on any atom is 0.320 e. The number of ether oxygens (including phenoxy) is 2. The third-order valence-electron chi connectivity index (χ3n) is 7.89. The van der Waals surface area contributed by atoms with E-state index in [1.54, 1.807) is 0 Å². The molecule has 0 aliphatic heterocycles. The molecule has 0 unspecified atom stereocenters. The average molecular weight is 709 g/mol. The van der Waals surface area contributed by atoms with Crippen molar-refractivity contribution in [3.63, 3.8) is 0 Å². The number of carbonyl (C=O) groups excluding carboxylic acids is 2. The van der Waals surface area contributed by atoms with E-state index in [0.717, 1.165) is 52.4 Å². The molecule has 0 radical (unpaired) electrons. The van der Waals surface area contributed by atoms with Crippen molar-refractivity contribution in [1.82, 2.24) is 29.4 Å². The average Bonchev–Trinajstić information content (AvgIpc) is 3.15. The Labute approximate surface area is 315 Å². The minimum Gasteiger partial charge on any atom is -0.461 e. The Bertz CT molecular complexity index is 1290. The minimum atomic E-state index is -0.356. The van der Waals surface area contributed by atoms with E-state index in [4.69, 9.17) is 35.2 Å². The summed E-state index contributed by atoms with van der Waals surface area (Å²) in [5.74, 6) is 30.9. The molecule has 0 aliphatic rings. The fourth-order valence-corrected chi connectivity index (χ4v) is 4.69. The molecule has 0 heterocycles. The SMILES string of the molecule is C#CC#CCN(CC#CC#C)CCN(CC)CCN(CC)CC(=O)OCCOC(=O)CN(CC)CCN(CC)CCN(CC#CC#C)CC#CC#C. The standard InChI is InChI=1S/C42H56N6O4/c1-9-17-21-25-47(26-22-18-10-2)35-31-43(13-5)29-33-45(15-7)39-41(49)51-37-38-52-42(50)40-46(16-8)34-30-44(14-6)32-36-48(27-23-19-11-3)28-24-20-12-4/h1-4H,13-16,25-40H2,5-8H3. The predicted octanol–water partition coefficient (Wildman–Crippen LogP) is 0.511. The van der Waals surface area contributed by atoms with Crippen molar-refractivity contribution < 1.29 is 19.1 Å². The van der Waals surface area contributed by atoms with Gasteiger partial charge in [-0.3, -0.25) is 29.2 Å². The molecule has 10 heteroatoms. The fourth-order valence-electron chi connectivity index (χ4n) is 4.69. The van der Waals surface area contributed by atoms with Crippen LogP contribution in [0.2, 0.25) is 0 Å². The number of hydrogen-bond donors (Lipinski definition) is 0. The normalized spacial score (nSPS) is 10.0. The Hall–Kier alpha value is -4.82. The highest BCUT2D eigenvalue weighted by Crippen LogP contribution is 1.99. The van der Waals surface area contributed by atoms with Gasteiger partial charge >= 0.3 is 11.9 Å². The number of nitrogens with zero attached hydrogens (tertiary/aromatic N) is 6. The van der Waals surface area contributed by atoms with Crippen LogP contribution < -0.4 is 0 Å². The summed E-state index contributed by atoms with van der Waals surface area (Å²) < 4.78 is 10.7. The molecule has 0 atom stereocenters. The lowest BCUT2D eigenvalue weighted by molar-refractivity contribution is -0.153. The van der Waals surface area contributed by atoms with Crippen molar-refractivity contribution in [3.05, 3.63) is 0 Å². The van der Waals surface area contributed by atoms with Gasteiger partial charge < -0.3 is 19.3 Å². The molecular formula is C42H56N6O4. The highest BCUT2D eigenvalue weighted by atomic mass is 16.6. The summed E-state index contributed by atoms with van der Waals surface area (Å²) in [5.41, 5.74) is 0. The van der Waals surface area contributed by atoms with Crippen molar-refractivity contribution in [2.75, 3.05) is 131 Å². The van der Waals surface area contributed by atoms with E-state index in [2.05, 4.69) is 104 Å². The van der Waals surface area contributed by atoms with Crippen molar-refractivity contribution >= 4 is 11.9 Å². The van der Waals surface area contributed by atoms with Crippen molar-refractivity contribution in [1.29, 1.82) is 0 Å². The van der Waals surface area contributed by atoms with Crippen LogP contribution in [0, 0.1) is 96.7 Å². The quantitative estimate of drug-likeness (QED) is 0.0686. The Morgan fingerprint density at radius 1 is 0.423 bits per heavy atom. The fraction of sp³-hybridized carbons (Fsp3) is 0.571. The number of terminal acetylenes is 4. The van der Waals surface area contributed by atoms with Crippen LogP contribution in [0.1, 0.15) is 27.7 Å². The Balaban J connectivity index is 4.61. The lowest BCUT2D eigenvalue weighted by atomic mass is 10.3. The Kier molecular flexibility index (Phi) is 30.2. The summed E-state index contributed by atoms with van der Waals surface area (Å²) in [6.45, 7) is 19.7. The van der Waals surface area contributed by atoms with E-state index in [9.17, 15) is 9.59 Å². The third-order valence-corrected chi connectivity index (χ3v) is 7.89. The second kappa shape index (κ2) is 33.3. The van der Waals surface area contributed by atoms with Crippen LogP contribution in [0.3, 0.4) is 0 Å². The Morgan fingerprint density at radius 2 is 0.673 bits per heavy atom. The molecule has 0 saturated heterocycles. The molecule has 0 bridgehead atoms. The predicted molar refractivity (Wildman–Crippen MR) is 210 cm³/mol. The Morgan fingerprint density at radius 3 is 0.923 bits per heavy atom. The molecule has 0 fully saturated rings. The van der Waals surface area contributed by atoms with Crippen LogP contribution in [0.15, 0.2) is 0 Å². The number of likely N-dealkylation sites (N-methyl/N-ethyl adjacent to an activating group) is 4. The monoisotopic (exact) mass is 708 g/mol. The van der Waals surface area contributed by atoms with E-state index < -0.39 is 0 Å². The summed E-state index contributed by atoms with van der Waals surface area (Å²) in [7, 11) is 0. The highest BCUT2D eigenvalue weighted by Gasteiger charge is 2.15. The van der Waals surface area contributed by atoms with E-state index in [-0.39, 0.29) is 38.2 Å². The zero-order chi connectivity index (χ0) is 38.7. The maximum atomic E-state index is 12.5. The van der Waals surface area contributed by atoms with Gasteiger partial charge in [-0.2, -0.15) is 0 Å². The van der Waals surface area contributed by atoms with Gasteiger partial charge in [0.25, 0.3) is 0 Å². The van der Waals surface area contributed by atoms with Gasteiger partial charge in [0.05, 0.1) is 39.3 Å². The minimum absolute atomic E-state index is 0.00780. The van der Waals surface area contributed by atoms with Gasteiger partial charge in [-0.05, 0) is 73.5 Å². The first-order chi connectivity index (χ1) is 25.3. The molecule has 0 amide bonds. The first-order valence-corrected chi connectivity index (χ1v) is 17.7. The van der Waals surface area contributed by atoms with E-state index >= 15 is 0 Å². The van der Waals surface area contributed by atoms with Gasteiger partial charge in [0.2, 0.25) is 0 Å². The largest absolute Gasteiger partial charge is 0.461 e. The van der Waals surface area contributed by atoms with Crippen LogP contribution in [0.4, 0.5) is 0 Å². The van der Waals surface area contributed by atoms with Crippen molar-refractivity contribution in [3.8, 4) is 96.7 Å². The number of hydrogen-bond acceptors (Lipinski definition) is 10. The molecule has 10 nitrogen and oxygen atoms in total. The van der Waals surface area contributed by atoms with Crippen LogP contribution >= 0.6 is 0 Å². The zero-order valence-corrected chi connectivity index (χ0v) is 31.8. The zero-order valence-electron chi connectivity index (χ0n) is 31.8. The lowest BCUT2D eigenvalue weighted by Crippen LogP contribution is -2.41. The molecule has 0 aromatic rings. The summed E-state index contributed by atoms with van der Waals surface area (Å²) >= 11 is 0. The highest BCUT2D eigenvalue weighted by molar-refractivity contribution is 5.72. The first-order valence-electron chi connectivity index (χ1n) is 17.7. The molecule has 0 spiro atoms. The third kappa shape index (κ3) is 26.1. The van der Waals surface area contributed by atoms with Gasteiger partial charge in [0.15, 0.2) is 0 Å². The number of carbonyl (C=O) groups is 2. The second-order valence-corrected chi connectivity index (χ2v) is 11.3. The summed E-state index contributed by atoms with van der Waals surface area (Å²) in [4.78, 5) is 37.9. The molecular weight excluding hydrogens is 652 g/mol. The molecule has 52 heavy (non-hydrogen) atoms. The molecule has 278 valence electrons.